The molecule has 1 aromatic heterocycles. The van der Waals surface area contributed by atoms with E-state index in [-0.39, 0.29) is 6.04 Å². The summed E-state index contributed by atoms with van der Waals surface area (Å²) in [4.78, 5) is 0. The van der Waals surface area contributed by atoms with Crippen LogP contribution in [0.25, 0.3) is 0 Å². The molecule has 1 aliphatic carbocycles. The molecule has 3 atom stereocenters. The summed E-state index contributed by atoms with van der Waals surface area (Å²) < 4.78 is 1.55. The van der Waals surface area contributed by atoms with Crippen LogP contribution >= 0.6 is 34.5 Å². The van der Waals surface area contributed by atoms with Gasteiger partial charge in [0.05, 0.1) is 8.67 Å². The molecule has 3 rings (SSSR count). The third-order valence-electron chi connectivity index (χ3n) is 3.63. The van der Waals surface area contributed by atoms with Crippen molar-refractivity contribution in [2.75, 3.05) is 0 Å². The zero-order valence-electron chi connectivity index (χ0n) is 10.6. The summed E-state index contributed by atoms with van der Waals surface area (Å²) in [6.07, 6.45) is 1.20. The minimum Gasteiger partial charge on any atom is -0.307 e. The minimum absolute atomic E-state index is 0.245. The van der Waals surface area contributed by atoms with Crippen LogP contribution in [0.15, 0.2) is 36.4 Å². The molecule has 1 aromatic carbocycles. The van der Waals surface area contributed by atoms with Gasteiger partial charge in [-0.25, -0.2) is 0 Å². The van der Waals surface area contributed by atoms with Crippen molar-refractivity contribution >= 4 is 34.5 Å². The summed E-state index contributed by atoms with van der Waals surface area (Å²) in [5.74, 6) is 0.636. The largest absolute Gasteiger partial charge is 0.307 e. The van der Waals surface area contributed by atoms with Gasteiger partial charge in [-0.3, -0.25) is 0 Å². The number of hydrogen-bond donors (Lipinski definition) is 1. The van der Waals surface area contributed by atoms with Crippen LogP contribution in [0.4, 0.5) is 0 Å². The third-order valence-corrected chi connectivity index (χ3v) is 5.15. The van der Waals surface area contributed by atoms with Crippen LogP contribution in [0.5, 0.6) is 0 Å². The Morgan fingerprint density at radius 1 is 1.26 bits per heavy atom. The van der Waals surface area contributed by atoms with Crippen molar-refractivity contribution in [2.24, 2.45) is 0 Å². The Labute approximate surface area is 127 Å². The molecule has 0 spiro atoms. The smallest absolute Gasteiger partial charge is 0.0991 e. The molecule has 1 N–H and O–H groups in total. The Balaban J connectivity index is 1.63. The van der Waals surface area contributed by atoms with E-state index in [0.717, 1.165) is 14.2 Å². The van der Waals surface area contributed by atoms with E-state index in [1.807, 2.05) is 6.07 Å². The second-order valence-electron chi connectivity index (χ2n) is 5.03. The van der Waals surface area contributed by atoms with E-state index in [4.69, 9.17) is 23.2 Å². The molecule has 1 aliphatic rings. The molecule has 0 saturated heterocycles. The highest BCUT2D eigenvalue weighted by atomic mass is 35.5. The maximum absolute atomic E-state index is 6.19. The third kappa shape index (κ3) is 2.97. The fraction of sp³-hybridized carbons (Fsp3) is 0.333. The maximum Gasteiger partial charge on any atom is 0.0991 e. The van der Waals surface area contributed by atoms with Crippen molar-refractivity contribution < 1.29 is 0 Å². The van der Waals surface area contributed by atoms with Gasteiger partial charge < -0.3 is 5.32 Å². The zero-order chi connectivity index (χ0) is 13.4. The SMILES string of the molecule is CC(NC1CC1c1ccccc1)c1cc(Cl)sc1Cl. The van der Waals surface area contributed by atoms with Gasteiger partial charge in [0.2, 0.25) is 0 Å². The highest BCUT2D eigenvalue weighted by Crippen LogP contribution is 2.43. The second kappa shape index (κ2) is 5.45. The fourth-order valence-corrected chi connectivity index (χ4v) is 4.15. The van der Waals surface area contributed by atoms with Crippen molar-refractivity contribution in [2.45, 2.75) is 31.3 Å². The number of thiophene rings is 1. The summed E-state index contributed by atoms with van der Waals surface area (Å²) in [6, 6.07) is 13.4. The summed E-state index contributed by atoms with van der Waals surface area (Å²) in [5, 5.41) is 3.64. The van der Waals surface area contributed by atoms with Crippen LogP contribution < -0.4 is 5.32 Å². The molecular formula is C15H15Cl2NS. The molecule has 0 bridgehead atoms. The van der Waals surface area contributed by atoms with Crippen LogP contribution in [0.1, 0.15) is 36.4 Å². The van der Waals surface area contributed by atoms with Gasteiger partial charge in [0.25, 0.3) is 0 Å². The minimum atomic E-state index is 0.245. The molecule has 3 unspecified atom stereocenters. The highest BCUT2D eigenvalue weighted by Gasteiger charge is 2.39. The quantitative estimate of drug-likeness (QED) is 0.812. The van der Waals surface area contributed by atoms with Crippen molar-refractivity contribution in [1.82, 2.24) is 5.32 Å². The molecule has 100 valence electrons. The molecule has 0 radical (unpaired) electrons. The predicted molar refractivity (Wildman–Crippen MR) is 83.5 cm³/mol. The number of rotatable bonds is 4. The topological polar surface area (TPSA) is 12.0 Å². The maximum atomic E-state index is 6.19. The van der Waals surface area contributed by atoms with Crippen LogP contribution in [-0.2, 0) is 0 Å². The Morgan fingerprint density at radius 3 is 2.63 bits per heavy atom. The van der Waals surface area contributed by atoms with Gasteiger partial charge in [0.15, 0.2) is 0 Å². The van der Waals surface area contributed by atoms with Gasteiger partial charge in [-0.1, -0.05) is 53.5 Å². The van der Waals surface area contributed by atoms with Crippen molar-refractivity contribution in [1.29, 1.82) is 0 Å². The number of hydrogen-bond acceptors (Lipinski definition) is 2. The average molecular weight is 312 g/mol. The van der Waals surface area contributed by atoms with E-state index in [1.165, 1.54) is 23.3 Å². The molecule has 2 aromatic rings. The summed E-state index contributed by atoms with van der Waals surface area (Å²) in [7, 11) is 0. The van der Waals surface area contributed by atoms with E-state index < -0.39 is 0 Å². The molecule has 1 fully saturated rings. The fourth-order valence-electron chi connectivity index (χ4n) is 2.51. The predicted octanol–water partition coefficient (Wildman–Crippen LogP) is 5.26. The molecule has 1 saturated carbocycles. The summed E-state index contributed by atoms with van der Waals surface area (Å²) in [6.45, 7) is 2.14. The molecule has 19 heavy (non-hydrogen) atoms. The van der Waals surface area contributed by atoms with Gasteiger partial charge in [-0.05, 0) is 30.5 Å². The first-order valence-electron chi connectivity index (χ1n) is 6.41. The molecule has 0 aliphatic heterocycles. The number of benzene rings is 1. The standard InChI is InChI=1S/C15H15Cl2NS/c1-9(11-8-14(16)19-15(11)17)18-13-7-12(13)10-5-3-2-4-6-10/h2-6,8-9,12-13,18H,7H2,1H3. The van der Waals surface area contributed by atoms with Crippen LogP contribution in [0, 0.1) is 0 Å². The van der Waals surface area contributed by atoms with E-state index in [1.54, 1.807) is 0 Å². The van der Waals surface area contributed by atoms with Gasteiger partial charge in [-0.2, -0.15) is 0 Å². The lowest BCUT2D eigenvalue weighted by molar-refractivity contribution is 0.564. The molecule has 0 amide bonds. The molecule has 1 heterocycles. The first-order valence-corrected chi connectivity index (χ1v) is 7.98. The zero-order valence-corrected chi connectivity index (χ0v) is 12.9. The first-order chi connectivity index (χ1) is 9.15. The summed E-state index contributed by atoms with van der Waals surface area (Å²) in [5.41, 5.74) is 2.53. The molecule has 4 heteroatoms. The monoisotopic (exact) mass is 311 g/mol. The second-order valence-corrected chi connectivity index (χ2v) is 7.31. The Kier molecular flexibility index (Phi) is 3.86. The van der Waals surface area contributed by atoms with Crippen molar-refractivity contribution in [3.8, 4) is 0 Å². The van der Waals surface area contributed by atoms with E-state index in [0.29, 0.717) is 12.0 Å². The Morgan fingerprint density at radius 2 is 2.00 bits per heavy atom. The Hall–Kier alpha value is -0.540. The average Bonchev–Trinajstić information content (AvgIpc) is 3.07. The van der Waals surface area contributed by atoms with Gasteiger partial charge in [0, 0.05) is 18.0 Å². The molecular weight excluding hydrogens is 297 g/mol. The first kappa shape index (κ1) is 13.4. The van der Waals surface area contributed by atoms with E-state index >= 15 is 0 Å². The van der Waals surface area contributed by atoms with Crippen LogP contribution in [0.3, 0.4) is 0 Å². The van der Waals surface area contributed by atoms with Gasteiger partial charge >= 0.3 is 0 Å². The highest BCUT2D eigenvalue weighted by molar-refractivity contribution is 7.20. The van der Waals surface area contributed by atoms with Crippen LogP contribution in [-0.4, -0.2) is 6.04 Å². The normalized spacial score (nSPS) is 23.3. The lowest BCUT2D eigenvalue weighted by Crippen LogP contribution is -2.21. The van der Waals surface area contributed by atoms with Crippen molar-refractivity contribution in [3.63, 3.8) is 0 Å². The number of nitrogens with one attached hydrogen (secondary N) is 1. The van der Waals surface area contributed by atoms with Gasteiger partial charge in [-0.15, -0.1) is 11.3 Å². The molecule has 1 nitrogen and oxygen atoms in total. The Bertz CT molecular complexity index is 567. The van der Waals surface area contributed by atoms with Gasteiger partial charge in [0.1, 0.15) is 0 Å². The van der Waals surface area contributed by atoms with E-state index in [2.05, 4.69) is 42.6 Å². The van der Waals surface area contributed by atoms with Crippen LogP contribution in [0.2, 0.25) is 8.67 Å². The van der Waals surface area contributed by atoms with Crippen molar-refractivity contribution in [3.05, 3.63) is 56.2 Å². The summed E-state index contributed by atoms with van der Waals surface area (Å²) >= 11 is 13.6. The lowest BCUT2D eigenvalue weighted by Gasteiger charge is -2.13. The lowest BCUT2D eigenvalue weighted by atomic mass is 10.1. The number of halogens is 2. The van der Waals surface area contributed by atoms with E-state index in [9.17, 15) is 0 Å².